The average molecular weight is 634 g/mol. The third-order valence-electron chi connectivity index (χ3n) is 9.34. The number of nitrogens with zero attached hydrogens (tertiary/aromatic N) is 4. The second kappa shape index (κ2) is 11.7. The van der Waals surface area contributed by atoms with Crippen molar-refractivity contribution < 1.29 is 36.5 Å². The number of nitrogens with two attached hydrogens (primary N) is 1. The molecule has 3 N–H and O–H groups in total. The second-order valence-corrected chi connectivity index (χ2v) is 12.8. The lowest BCUT2D eigenvalue weighted by Gasteiger charge is -2.39. The Bertz CT molecular complexity index is 1580. The molecule has 3 atom stereocenters. The number of halogens is 5. The van der Waals surface area contributed by atoms with Crippen molar-refractivity contribution in [2.45, 2.75) is 82.4 Å². The fraction of sp³-hybridized carbons (Fsp3) is 0.562. The first-order chi connectivity index (χ1) is 21.3. The van der Waals surface area contributed by atoms with E-state index in [4.69, 9.17) is 20.2 Å². The Labute approximate surface area is 258 Å². The highest BCUT2D eigenvalue weighted by atomic mass is 19.4. The number of piperidine rings is 1. The van der Waals surface area contributed by atoms with E-state index in [2.05, 4.69) is 21.7 Å². The molecule has 13 heteroatoms. The van der Waals surface area contributed by atoms with Gasteiger partial charge in [-0.1, -0.05) is 5.92 Å². The maximum atomic E-state index is 15.5. The molecule has 3 fully saturated rings. The smallest absolute Gasteiger partial charge is 0.418 e. The normalized spacial score (nSPS) is 27.7. The van der Waals surface area contributed by atoms with Gasteiger partial charge in [0.2, 0.25) is 0 Å². The van der Waals surface area contributed by atoms with Gasteiger partial charge < -0.3 is 25.2 Å². The van der Waals surface area contributed by atoms with Gasteiger partial charge in [0.1, 0.15) is 12.4 Å². The molecule has 0 bridgehead atoms. The number of hydrogen-bond donors (Lipinski definition) is 2. The molecular formula is C32H36F5N5O3. The summed E-state index contributed by atoms with van der Waals surface area (Å²) in [5.41, 5.74) is 3.17. The topological polar surface area (TPSA) is 97.0 Å². The molecule has 0 radical (unpaired) electrons. The Morgan fingerprint density at radius 1 is 1.24 bits per heavy atom. The molecule has 0 aliphatic carbocycles. The summed E-state index contributed by atoms with van der Waals surface area (Å²) >= 11 is 0. The molecule has 5 heterocycles. The number of β-amino-alcohol motifs (C(OH)–C–C–N with tert-alkyl or cyclic N) is 1. The van der Waals surface area contributed by atoms with Gasteiger partial charge in [-0.2, -0.15) is 23.1 Å². The Morgan fingerprint density at radius 2 is 2.02 bits per heavy atom. The van der Waals surface area contributed by atoms with Crippen molar-refractivity contribution in [3.05, 3.63) is 51.7 Å². The van der Waals surface area contributed by atoms with Gasteiger partial charge in [-0.05, 0) is 64.1 Å². The van der Waals surface area contributed by atoms with Crippen molar-refractivity contribution in [1.82, 2.24) is 14.9 Å². The van der Waals surface area contributed by atoms with Gasteiger partial charge in [-0.3, -0.25) is 4.90 Å². The number of ether oxygens (including phenoxy) is 2. The molecule has 8 nitrogen and oxygen atoms in total. The molecular weight excluding hydrogens is 597 g/mol. The predicted octanol–water partition coefficient (Wildman–Crippen LogP) is 5.22. The molecule has 242 valence electrons. The van der Waals surface area contributed by atoms with E-state index in [0.717, 1.165) is 25.5 Å². The Morgan fingerprint density at radius 3 is 2.73 bits per heavy atom. The minimum Gasteiger partial charge on any atom is -0.461 e. The molecule has 4 aliphatic heterocycles. The maximum Gasteiger partial charge on any atom is 0.418 e. The van der Waals surface area contributed by atoms with Gasteiger partial charge in [-0.15, -0.1) is 5.92 Å². The first kappa shape index (κ1) is 31.5. The SMILES string of the molecule is CC#Cc1cc(N)c(F)c([C@H]2Cc3nc(OC[C@]45CCCN4C/C(=C/F)C5)nc(N4CCC[C@@](C)(O)C4)c3CO2)c1C(F)(F)F. The molecule has 2 aromatic rings. The number of aromatic nitrogens is 2. The third-order valence-corrected chi connectivity index (χ3v) is 9.34. The van der Waals surface area contributed by atoms with E-state index < -0.39 is 51.6 Å². The summed E-state index contributed by atoms with van der Waals surface area (Å²) in [6.07, 6.45) is -2.30. The van der Waals surface area contributed by atoms with Crippen molar-refractivity contribution in [3.63, 3.8) is 0 Å². The first-order valence-electron chi connectivity index (χ1n) is 15.1. The lowest BCUT2D eigenvalue weighted by Crippen LogP contribution is -2.47. The van der Waals surface area contributed by atoms with Gasteiger partial charge >= 0.3 is 12.2 Å². The van der Waals surface area contributed by atoms with E-state index in [0.29, 0.717) is 61.3 Å². The molecule has 45 heavy (non-hydrogen) atoms. The predicted molar refractivity (Wildman–Crippen MR) is 157 cm³/mol. The van der Waals surface area contributed by atoms with E-state index in [1.807, 2.05) is 4.90 Å². The number of hydrogen-bond acceptors (Lipinski definition) is 8. The van der Waals surface area contributed by atoms with Crippen LogP contribution in [0.25, 0.3) is 0 Å². The van der Waals surface area contributed by atoms with Crippen LogP contribution in [0.5, 0.6) is 6.01 Å². The highest BCUT2D eigenvalue weighted by Crippen LogP contribution is 2.45. The molecule has 1 aromatic heterocycles. The molecule has 0 amide bonds. The number of nitrogen functional groups attached to an aromatic ring is 1. The summed E-state index contributed by atoms with van der Waals surface area (Å²) in [5, 5.41) is 10.8. The fourth-order valence-electron chi connectivity index (χ4n) is 7.34. The quantitative estimate of drug-likeness (QED) is 0.263. The summed E-state index contributed by atoms with van der Waals surface area (Å²) in [7, 11) is 0. The van der Waals surface area contributed by atoms with E-state index in [9.17, 15) is 22.7 Å². The zero-order valence-electron chi connectivity index (χ0n) is 25.2. The standard InChI is InChI=1S/C32H36F5N5O3/c1-3-6-20-11-22(38)27(34)25(26(20)32(35,36)37)24-12-23-21(16-44-24)28(41-9-4-7-30(2,43)17-41)40-29(39-23)45-18-31-8-5-10-42(31)15-19(13-31)14-33/h11,14,24,43H,4-5,7-10,12-13,15-18,38H2,1-2H3/b19-14+/t24-,30-,31-/m1/s1. The molecule has 3 saturated heterocycles. The van der Waals surface area contributed by atoms with E-state index in [1.54, 1.807) is 6.92 Å². The molecule has 0 unspecified atom stereocenters. The summed E-state index contributed by atoms with van der Waals surface area (Å²) in [6.45, 7) is 5.30. The van der Waals surface area contributed by atoms with Crippen molar-refractivity contribution in [2.75, 3.05) is 43.4 Å². The van der Waals surface area contributed by atoms with Gasteiger partial charge in [0.05, 0.1) is 47.1 Å². The highest BCUT2D eigenvalue weighted by Gasteiger charge is 2.48. The monoisotopic (exact) mass is 633 g/mol. The van der Waals surface area contributed by atoms with Gasteiger partial charge in [0.15, 0.2) is 5.82 Å². The number of rotatable bonds is 5. The highest BCUT2D eigenvalue weighted by molar-refractivity contribution is 5.59. The van der Waals surface area contributed by atoms with Crippen LogP contribution in [0.4, 0.5) is 33.5 Å². The Kier molecular flexibility index (Phi) is 8.20. The van der Waals surface area contributed by atoms with Crippen LogP contribution in [-0.4, -0.2) is 63.9 Å². The van der Waals surface area contributed by atoms with Gasteiger partial charge in [0, 0.05) is 42.7 Å². The molecule has 0 spiro atoms. The van der Waals surface area contributed by atoms with Crippen LogP contribution in [0.3, 0.4) is 0 Å². The third kappa shape index (κ3) is 5.95. The summed E-state index contributed by atoms with van der Waals surface area (Å²) in [4.78, 5) is 13.4. The first-order valence-corrected chi connectivity index (χ1v) is 15.1. The van der Waals surface area contributed by atoms with Gasteiger partial charge in [0.25, 0.3) is 0 Å². The minimum absolute atomic E-state index is 0.00940. The number of alkyl halides is 3. The number of anilines is 2. The zero-order chi connectivity index (χ0) is 32.1. The fourth-order valence-corrected chi connectivity index (χ4v) is 7.34. The van der Waals surface area contributed by atoms with Crippen molar-refractivity contribution in [2.24, 2.45) is 0 Å². The number of aliphatic hydroxyl groups is 1. The lowest BCUT2D eigenvalue weighted by molar-refractivity contribution is -0.140. The maximum absolute atomic E-state index is 15.5. The van der Waals surface area contributed by atoms with Crippen molar-refractivity contribution in [3.8, 4) is 17.9 Å². The number of fused-ring (bicyclic) bond motifs is 2. The largest absolute Gasteiger partial charge is 0.461 e. The Hall–Kier alpha value is -3.47. The van der Waals surface area contributed by atoms with Crippen molar-refractivity contribution in [1.29, 1.82) is 0 Å². The Balaban J connectivity index is 1.40. The van der Waals surface area contributed by atoms with Crippen LogP contribution in [-0.2, 0) is 23.9 Å². The minimum atomic E-state index is -4.93. The zero-order valence-corrected chi connectivity index (χ0v) is 25.2. The van der Waals surface area contributed by atoms with E-state index in [1.165, 1.54) is 6.92 Å². The molecule has 4 aliphatic rings. The van der Waals surface area contributed by atoms with E-state index in [-0.39, 0.29) is 32.2 Å². The van der Waals surface area contributed by atoms with Gasteiger partial charge in [-0.25, -0.2) is 8.78 Å². The average Bonchev–Trinajstić information content (AvgIpc) is 3.53. The van der Waals surface area contributed by atoms with Crippen LogP contribution in [0.15, 0.2) is 18.0 Å². The van der Waals surface area contributed by atoms with Crippen LogP contribution in [0, 0.1) is 17.7 Å². The molecule has 1 aromatic carbocycles. The summed E-state index contributed by atoms with van der Waals surface area (Å²) in [5.74, 6) is 4.09. The van der Waals surface area contributed by atoms with Crippen molar-refractivity contribution >= 4 is 11.5 Å². The number of benzene rings is 1. The van der Waals surface area contributed by atoms with Crippen LogP contribution >= 0.6 is 0 Å². The van der Waals surface area contributed by atoms with Crippen LogP contribution in [0.2, 0.25) is 0 Å². The van der Waals surface area contributed by atoms with E-state index >= 15 is 4.39 Å². The second-order valence-electron chi connectivity index (χ2n) is 12.8. The van der Waals surface area contributed by atoms with Crippen LogP contribution in [0.1, 0.15) is 80.0 Å². The molecule has 0 saturated carbocycles. The summed E-state index contributed by atoms with van der Waals surface area (Å²) < 4.78 is 84.3. The molecule has 6 rings (SSSR count). The summed E-state index contributed by atoms with van der Waals surface area (Å²) in [6, 6.07) is 0.900. The van der Waals surface area contributed by atoms with Crippen LogP contribution < -0.4 is 15.4 Å². The lowest BCUT2D eigenvalue weighted by atomic mass is 9.90.